The molecule has 23 heavy (non-hydrogen) atoms. The molecule has 1 aliphatic rings. The fourth-order valence-electron chi connectivity index (χ4n) is 2.44. The van der Waals surface area contributed by atoms with Gasteiger partial charge in [0.2, 0.25) is 17.7 Å². The van der Waals surface area contributed by atoms with E-state index in [0.717, 1.165) is 22.3 Å². The van der Waals surface area contributed by atoms with Crippen LogP contribution in [-0.2, 0) is 11.3 Å². The number of benzene rings is 1. The number of nitrogens with zero attached hydrogens (tertiary/aromatic N) is 1. The summed E-state index contributed by atoms with van der Waals surface area (Å²) in [4.78, 5) is 3.76. The third kappa shape index (κ3) is 2.83. The first-order chi connectivity index (χ1) is 11.1. The van der Waals surface area contributed by atoms with Crippen LogP contribution in [0.4, 0.5) is 4.39 Å². The van der Waals surface area contributed by atoms with Gasteiger partial charge in [-0.3, -0.25) is 5.41 Å². The van der Waals surface area contributed by atoms with E-state index in [0.29, 0.717) is 5.57 Å². The van der Waals surface area contributed by atoms with Gasteiger partial charge in [-0.1, -0.05) is 12.1 Å². The zero-order valence-electron chi connectivity index (χ0n) is 12.4. The molecular weight excluding hydrogens is 297 g/mol. The molecule has 0 spiro atoms. The van der Waals surface area contributed by atoms with Crippen LogP contribution in [0, 0.1) is 16.8 Å². The van der Waals surface area contributed by atoms with Gasteiger partial charge in [-0.05, 0) is 34.9 Å². The zero-order valence-corrected chi connectivity index (χ0v) is 12.4. The Labute approximate surface area is 132 Å². The molecule has 3 rings (SSSR count). The lowest BCUT2D eigenvalue weighted by molar-refractivity contribution is 0.285. The van der Waals surface area contributed by atoms with Crippen molar-refractivity contribution >= 4 is 17.7 Å². The first-order valence-electron chi connectivity index (χ1n) is 6.90. The van der Waals surface area contributed by atoms with Crippen molar-refractivity contribution in [1.82, 2.24) is 4.98 Å². The van der Waals surface area contributed by atoms with E-state index < -0.39 is 5.95 Å². The Balaban J connectivity index is 2.04. The number of aromatic nitrogens is 1. The predicted octanol–water partition coefficient (Wildman–Crippen LogP) is 3.44. The first-order valence-corrected chi connectivity index (χ1v) is 6.90. The van der Waals surface area contributed by atoms with Crippen LogP contribution in [0.2, 0.25) is 0 Å². The Kier molecular flexibility index (Phi) is 3.89. The van der Waals surface area contributed by atoms with Crippen molar-refractivity contribution in [3.8, 4) is 17.0 Å². The van der Waals surface area contributed by atoms with Crippen LogP contribution in [-0.4, -0.2) is 24.2 Å². The second-order valence-electron chi connectivity index (χ2n) is 4.96. The SMILES string of the molecule is COC(=N)/C=C(\C=N)c1ccc2c(c1)COc1nc(F)ccc1-2. The predicted molar refractivity (Wildman–Crippen MR) is 85.5 cm³/mol. The van der Waals surface area contributed by atoms with E-state index in [1.165, 1.54) is 25.5 Å². The molecule has 2 heterocycles. The maximum atomic E-state index is 13.2. The van der Waals surface area contributed by atoms with E-state index in [9.17, 15) is 4.39 Å². The van der Waals surface area contributed by atoms with Gasteiger partial charge in [0.15, 0.2) is 0 Å². The van der Waals surface area contributed by atoms with Crippen molar-refractivity contribution < 1.29 is 13.9 Å². The second-order valence-corrected chi connectivity index (χ2v) is 4.96. The molecule has 0 saturated heterocycles. The second kappa shape index (κ2) is 6.00. The molecule has 116 valence electrons. The van der Waals surface area contributed by atoms with Crippen LogP contribution in [0.1, 0.15) is 11.1 Å². The van der Waals surface area contributed by atoms with Crippen molar-refractivity contribution in [2.24, 2.45) is 0 Å². The molecule has 0 aliphatic carbocycles. The highest BCUT2D eigenvalue weighted by Gasteiger charge is 2.19. The van der Waals surface area contributed by atoms with Crippen LogP contribution >= 0.6 is 0 Å². The lowest BCUT2D eigenvalue weighted by atomic mass is 9.94. The summed E-state index contributed by atoms with van der Waals surface area (Å²) in [6, 6.07) is 8.56. The summed E-state index contributed by atoms with van der Waals surface area (Å²) in [5, 5.41) is 15.1. The molecule has 5 nitrogen and oxygen atoms in total. The summed E-state index contributed by atoms with van der Waals surface area (Å²) in [5.41, 5.74) is 3.92. The number of hydrogen-bond acceptors (Lipinski definition) is 5. The highest BCUT2D eigenvalue weighted by Crippen LogP contribution is 2.37. The number of rotatable bonds is 3. The molecule has 6 heteroatoms. The molecule has 0 unspecified atom stereocenters. The summed E-state index contributed by atoms with van der Waals surface area (Å²) >= 11 is 0. The van der Waals surface area contributed by atoms with Gasteiger partial charge >= 0.3 is 0 Å². The quantitative estimate of drug-likeness (QED) is 0.518. The van der Waals surface area contributed by atoms with Crippen molar-refractivity contribution in [3.05, 3.63) is 53.5 Å². The molecule has 0 saturated carbocycles. The van der Waals surface area contributed by atoms with Gasteiger partial charge in [0.25, 0.3) is 0 Å². The maximum Gasteiger partial charge on any atom is 0.224 e. The van der Waals surface area contributed by atoms with Crippen LogP contribution in [0.5, 0.6) is 5.88 Å². The molecule has 2 N–H and O–H groups in total. The van der Waals surface area contributed by atoms with Gasteiger partial charge in [-0.15, -0.1) is 0 Å². The average molecular weight is 311 g/mol. The smallest absolute Gasteiger partial charge is 0.224 e. The number of hydrogen-bond donors (Lipinski definition) is 2. The zero-order chi connectivity index (χ0) is 16.4. The number of nitrogens with one attached hydrogen (secondary N) is 2. The van der Waals surface area contributed by atoms with Crippen molar-refractivity contribution in [1.29, 1.82) is 10.8 Å². The molecule has 2 aromatic rings. The van der Waals surface area contributed by atoms with Crippen LogP contribution in [0.3, 0.4) is 0 Å². The highest BCUT2D eigenvalue weighted by molar-refractivity contribution is 6.14. The Hall–Kier alpha value is -3.02. The summed E-state index contributed by atoms with van der Waals surface area (Å²) in [5.74, 6) is -0.312. The summed E-state index contributed by atoms with van der Waals surface area (Å²) in [6.07, 6.45) is 2.65. The Bertz CT molecular complexity index is 831. The number of ether oxygens (including phenoxy) is 2. The Morgan fingerprint density at radius 2 is 2.09 bits per heavy atom. The third-order valence-corrected chi connectivity index (χ3v) is 3.58. The Morgan fingerprint density at radius 3 is 2.83 bits per heavy atom. The van der Waals surface area contributed by atoms with Gasteiger partial charge in [-0.2, -0.15) is 9.37 Å². The lowest BCUT2D eigenvalue weighted by Crippen LogP contribution is -2.08. The summed E-state index contributed by atoms with van der Waals surface area (Å²) in [6.45, 7) is 0.277. The monoisotopic (exact) mass is 311 g/mol. The number of fused-ring (bicyclic) bond motifs is 3. The molecular formula is C17H14FN3O2. The van der Waals surface area contributed by atoms with Gasteiger partial charge < -0.3 is 14.9 Å². The minimum atomic E-state index is -0.573. The van der Waals surface area contributed by atoms with Gasteiger partial charge in [-0.25, -0.2) is 0 Å². The minimum Gasteiger partial charge on any atom is -0.481 e. The molecule has 1 aromatic heterocycles. The van der Waals surface area contributed by atoms with Gasteiger partial charge in [0, 0.05) is 23.4 Å². The van der Waals surface area contributed by atoms with Crippen LogP contribution in [0.15, 0.2) is 36.4 Å². The summed E-state index contributed by atoms with van der Waals surface area (Å²) < 4.78 is 23.5. The summed E-state index contributed by atoms with van der Waals surface area (Å²) in [7, 11) is 1.41. The molecule has 0 radical (unpaired) electrons. The number of methoxy groups -OCH3 is 1. The number of allylic oxidation sites excluding steroid dienone is 1. The lowest BCUT2D eigenvalue weighted by Gasteiger charge is -2.20. The van der Waals surface area contributed by atoms with E-state index >= 15 is 0 Å². The molecule has 0 atom stereocenters. The van der Waals surface area contributed by atoms with E-state index in [-0.39, 0.29) is 18.4 Å². The topological polar surface area (TPSA) is 79.0 Å². The van der Waals surface area contributed by atoms with E-state index in [1.54, 1.807) is 6.07 Å². The van der Waals surface area contributed by atoms with Gasteiger partial charge in [0.05, 0.1) is 7.11 Å². The number of pyridine rings is 1. The molecule has 1 aliphatic heterocycles. The third-order valence-electron chi connectivity index (χ3n) is 3.58. The normalized spacial score (nSPS) is 12.7. The van der Waals surface area contributed by atoms with Crippen molar-refractivity contribution in [2.75, 3.05) is 7.11 Å². The largest absolute Gasteiger partial charge is 0.481 e. The molecule has 0 amide bonds. The van der Waals surface area contributed by atoms with Crippen LogP contribution < -0.4 is 4.74 Å². The van der Waals surface area contributed by atoms with Crippen molar-refractivity contribution in [2.45, 2.75) is 6.61 Å². The number of halogens is 1. The van der Waals surface area contributed by atoms with Crippen LogP contribution in [0.25, 0.3) is 16.7 Å². The molecule has 0 bridgehead atoms. The first kappa shape index (κ1) is 14.9. The van der Waals surface area contributed by atoms with E-state index in [2.05, 4.69) is 4.98 Å². The minimum absolute atomic E-state index is 0.0255. The van der Waals surface area contributed by atoms with E-state index in [4.69, 9.17) is 20.3 Å². The van der Waals surface area contributed by atoms with Gasteiger partial charge in [0.1, 0.15) is 6.61 Å². The fraction of sp³-hybridized carbons (Fsp3) is 0.118. The fourth-order valence-corrected chi connectivity index (χ4v) is 2.44. The standard InChI is InChI=1S/C17H14FN3O2/c1-22-16(20)7-11(8-19)10-2-3-13-12(6-10)9-23-17-14(13)4-5-15(18)21-17/h2-8,19-20H,9H2,1H3/b11-7+,19-8?,20-16?. The molecule has 0 fully saturated rings. The van der Waals surface area contributed by atoms with E-state index in [1.807, 2.05) is 18.2 Å². The average Bonchev–Trinajstić information content (AvgIpc) is 2.58. The maximum absolute atomic E-state index is 13.2. The highest BCUT2D eigenvalue weighted by atomic mass is 19.1. The Morgan fingerprint density at radius 1 is 1.30 bits per heavy atom. The van der Waals surface area contributed by atoms with Crippen molar-refractivity contribution in [3.63, 3.8) is 0 Å². The molecule has 1 aromatic carbocycles.